The lowest BCUT2D eigenvalue weighted by molar-refractivity contribution is 0.339. The highest BCUT2D eigenvalue weighted by atomic mass is 35.5. The molecule has 31 heavy (non-hydrogen) atoms. The highest BCUT2D eigenvalue weighted by Gasteiger charge is 2.25. The van der Waals surface area contributed by atoms with Crippen LogP contribution in [0.2, 0.25) is 5.02 Å². The lowest BCUT2D eigenvalue weighted by Crippen LogP contribution is -2.05. The van der Waals surface area contributed by atoms with Crippen molar-refractivity contribution >= 4 is 28.6 Å². The summed E-state index contributed by atoms with van der Waals surface area (Å²) in [5.74, 6) is 7.78. The van der Waals surface area contributed by atoms with Crippen molar-refractivity contribution in [3.63, 3.8) is 0 Å². The zero-order chi connectivity index (χ0) is 21.2. The van der Waals surface area contributed by atoms with Crippen molar-refractivity contribution in [1.82, 2.24) is 24.7 Å². The number of nitrogens with zero attached hydrogens (tertiary/aromatic N) is 6. The fraction of sp³-hybridized carbons (Fsp3) is 0.136. The van der Waals surface area contributed by atoms with Gasteiger partial charge in [0.25, 0.3) is 0 Å². The van der Waals surface area contributed by atoms with Crippen molar-refractivity contribution in [2.75, 3.05) is 6.61 Å². The van der Waals surface area contributed by atoms with Gasteiger partial charge in [-0.3, -0.25) is 9.56 Å². The van der Waals surface area contributed by atoms with Crippen LogP contribution in [0.5, 0.6) is 6.01 Å². The minimum atomic E-state index is 0.189. The molecule has 5 rings (SSSR count). The summed E-state index contributed by atoms with van der Waals surface area (Å²) in [5, 5.41) is 10.1. The molecule has 0 N–H and O–H groups in total. The Morgan fingerprint density at radius 3 is 2.81 bits per heavy atom. The van der Waals surface area contributed by atoms with E-state index in [0.29, 0.717) is 17.6 Å². The molecule has 1 aliphatic rings. The summed E-state index contributed by atoms with van der Waals surface area (Å²) in [7, 11) is 0. The molecule has 3 aromatic heterocycles. The summed E-state index contributed by atoms with van der Waals surface area (Å²) >= 11 is 8.05. The number of halogens is 1. The second kappa shape index (κ2) is 8.30. The van der Waals surface area contributed by atoms with Crippen LogP contribution in [0, 0.1) is 18.8 Å². The van der Waals surface area contributed by atoms with E-state index in [1.54, 1.807) is 29.8 Å². The molecule has 152 valence electrons. The Morgan fingerprint density at radius 2 is 1.97 bits per heavy atom. The molecule has 1 aliphatic heterocycles. The largest absolute Gasteiger partial charge is 0.450 e. The molecule has 0 aliphatic carbocycles. The van der Waals surface area contributed by atoms with E-state index in [1.807, 2.05) is 41.8 Å². The highest BCUT2D eigenvalue weighted by Crippen LogP contribution is 2.34. The van der Waals surface area contributed by atoms with Gasteiger partial charge in [-0.05, 0) is 25.1 Å². The van der Waals surface area contributed by atoms with Gasteiger partial charge in [0.05, 0.1) is 10.6 Å². The Morgan fingerprint density at radius 1 is 1.13 bits per heavy atom. The Balaban J connectivity index is 1.52. The monoisotopic (exact) mass is 446 g/mol. The Kier molecular flexibility index (Phi) is 5.20. The van der Waals surface area contributed by atoms with Gasteiger partial charge in [-0.25, -0.2) is 9.97 Å². The summed E-state index contributed by atoms with van der Waals surface area (Å²) in [6.45, 7) is 2.54. The Bertz CT molecular complexity index is 1350. The molecule has 1 aromatic carbocycles. The summed E-state index contributed by atoms with van der Waals surface area (Å²) in [6, 6.07) is 11.8. The molecule has 0 amide bonds. The number of aliphatic imine (C=N–C) groups is 1. The van der Waals surface area contributed by atoms with Crippen molar-refractivity contribution in [3.8, 4) is 22.9 Å². The quantitative estimate of drug-likeness (QED) is 0.446. The predicted octanol–water partition coefficient (Wildman–Crippen LogP) is 3.86. The van der Waals surface area contributed by atoms with Gasteiger partial charge < -0.3 is 4.74 Å². The molecule has 0 unspecified atom stereocenters. The molecule has 0 saturated heterocycles. The first-order valence-electron chi connectivity index (χ1n) is 9.44. The van der Waals surface area contributed by atoms with Gasteiger partial charge >= 0.3 is 6.01 Å². The average Bonchev–Trinajstić information content (AvgIpc) is 3.32. The van der Waals surface area contributed by atoms with E-state index >= 15 is 0 Å². The van der Waals surface area contributed by atoms with Crippen LogP contribution in [0.4, 0.5) is 0 Å². The van der Waals surface area contributed by atoms with Crippen LogP contribution in [-0.2, 0) is 6.54 Å². The summed E-state index contributed by atoms with van der Waals surface area (Å²) in [4.78, 5) is 13.8. The third kappa shape index (κ3) is 3.81. The van der Waals surface area contributed by atoms with E-state index in [9.17, 15) is 0 Å². The van der Waals surface area contributed by atoms with Gasteiger partial charge in [0.15, 0.2) is 12.4 Å². The van der Waals surface area contributed by atoms with Gasteiger partial charge in [0, 0.05) is 28.5 Å². The third-order valence-electron chi connectivity index (χ3n) is 4.60. The number of hydrogen-bond donors (Lipinski definition) is 0. The van der Waals surface area contributed by atoms with Gasteiger partial charge in [-0.15, -0.1) is 21.5 Å². The standard InChI is InChI=1S/C22H15ClN6OS/c1-14-27-28-19-13-26-20(16-7-2-3-8-18(16)23)17-12-15(31-21(17)29(14)19)6-4-11-30-22-24-9-5-10-25-22/h2-3,5,7-10,12H,11,13H2,1H3. The molecule has 7 nitrogen and oxygen atoms in total. The van der Waals surface area contributed by atoms with Crippen LogP contribution in [0.3, 0.4) is 0 Å². The maximum atomic E-state index is 6.49. The number of aryl methyl sites for hydroxylation is 1. The number of ether oxygens (including phenoxy) is 1. The lowest BCUT2D eigenvalue weighted by Gasteiger charge is -2.08. The molecule has 0 atom stereocenters. The zero-order valence-corrected chi connectivity index (χ0v) is 18.0. The minimum absolute atomic E-state index is 0.189. The SMILES string of the molecule is Cc1nnc2n1-c1sc(C#CCOc3ncccn3)cc1C(c1ccccc1Cl)=NC2. The topological polar surface area (TPSA) is 78.1 Å². The van der Waals surface area contributed by atoms with Crippen LogP contribution in [0.1, 0.15) is 27.7 Å². The number of aromatic nitrogens is 5. The van der Waals surface area contributed by atoms with Crippen molar-refractivity contribution in [2.45, 2.75) is 13.5 Å². The fourth-order valence-electron chi connectivity index (χ4n) is 3.25. The molecule has 0 radical (unpaired) electrons. The average molecular weight is 447 g/mol. The molecular weight excluding hydrogens is 432 g/mol. The van der Waals surface area contributed by atoms with Crippen LogP contribution < -0.4 is 4.74 Å². The van der Waals surface area contributed by atoms with E-state index in [-0.39, 0.29) is 6.61 Å². The smallest absolute Gasteiger partial charge is 0.317 e. The first-order chi connectivity index (χ1) is 15.2. The third-order valence-corrected chi connectivity index (χ3v) is 5.96. The Labute approximate surface area is 187 Å². The second-order valence-corrected chi connectivity index (χ2v) is 8.03. The predicted molar refractivity (Wildman–Crippen MR) is 119 cm³/mol. The first kappa shape index (κ1) is 19.4. The van der Waals surface area contributed by atoms with Crippen molar-refractivity contribution in [1.29, 1.82) is 0 Å². The van der Waals surface area contributed by atoms with Gasteiger partial charge in [-0.1, -0.05) is 41.6 Å². The summed E-state index contributed by atoms with van der Waals surface area (Å²) in [6.07, 6.45) is 3.25. The highest BCUT2D eigenvalue weighted by molar-refractivity contribution is 7.15. The molecule has 4 heterocycles. The van der Waals surface area contributed by atoms with E-state index < -0.39 is 0 Å². The first-order valence-corrected chi connectivity index (χ1v) is 10.6. The van der Waals surface area contributed by atoms with Crippen molar-refractivity contribution < 1.29 is 4.74 Å². The van der Waals surface area contributed by atoms with Gasteiger partial charge in [-0.2, -0.15) is 0 Å². The molecule has 0 fully saturated rings. The van der Waals surface area contributed by atoms with E-state index in [0.717, 1.165) is 38.4 Å². The van der Waals surface area contributed by atoms with Crippen molar-refractivity contribution in [2.24, 2.45) is 4.99 Å². The summed E-state index contributed by atoms with van der Waals surface area (Å²) < 4.78 is 7.50. The van der Waals surface area contributed by atoms with Crippen LogP contribution in [0.25, 0.3) is 5.00 Å². The number of fused-ring (bicyclic) bond motifs is 3. The van der Waals surface area contributed by atoms with E-state index in [4.69, 9.17) is 21.3 Å². The number of rotatable bonds is 3. The summed E-state index contributed by atoms with van der Waals surface area (Å²) in [5.41, 5.74) is 2.66. The molecule has 0 saturated carbocycles. The molecular formula is C22H15ClN6OS. The van der Waals surface area contributed by atoms with Crippen molar-refractivity contribution in [3.05, 3.63) is 81.5 Å². The van der Waals surface area contributed by atoms with Crippen LogP contribution in [-0.4, -0.2) is 37.1 Å². The number of benzene rings is 1. The maximum Gasteiger partial charge on any atom is 0.317 e. The zero-order valence-electron chi connectivity index (χ0n) is 16.4. The van der Waals surface area contributed by atoms with Crippen LogP contribution >= 0.6 is 22.9 Å². The molecule has 9 heteroatoms. The molecule has 0 spiro atoms. The van der Waals surface area contributed by atoms with Gasteiger partial charge in [0.1, 0.15) is 17.4 Å². The van der Waals surface area contributed by atoms with Crippen LogP contribution in [0.15, 0.2) is 53.8 Å². The lowest BCUT2D eigenvalue weighted by atomic mass is 10.0. The second-order valence-electron chi connectivity index (χ2n) is 6.59. The normalized spacial score (nSPS) is 12.1. The number of thiophene rings is 1. The number of hydrogen-bond acceptors (Lipinski definition) is 7. The maximum absolute atomic E-state index is 6.49. The van der Waals surface area contributed by atoms with Gasteiger partial charge in [0.2, 0.25) is 0 Å². The van der Waals surface area contributed by atoms with E-state index in [1.165, 1.54) is 0 Å². The molecule has 4 aromatic rings. The molecule has 0 bridgehead atoms. The fourth-order valence-corrected chi connectivity index (χ4v) is 4.58. The Hall–Kier alpha value is -3.54. The minimum Gasteiger partial charge on any atom is -0.450 e. The van der Waals surface area contributed by atoms with E-state index in [2.05, 4.69) is 32.0 Å².